The van der Waals surface area contributed by atoms with Crippen LogP contribution in [0.1, 0.15) is 43.5 Å². The highest BCUT2D eigenvalue weighted by atomic mass is 16.5. The van der Waals surface area contributed by atoms with Crippen LogP contribution in [0.3, 0.4) is 0 Å². The van der Waals surface area contributed by atoms with Crippen molar-refractivity contribution in [2.75, 3.05) is 19.0 Å². The summed E-state index contributed by atoms with van der Waals surface area (Å²) in [5.41, 5.74) is 11.1. The van der Waals surface area contributed by atoms with Crippen molar-refractivity contribution in [2.24, 2.45) is 23.3 Å². The first-order valence-electron chi connectivity index (χ1n) is 9.60. The van der Waals surface area contributed by atoms with Gasteiger partial charge in [-0.3, -0.25) is 9.59 Å². The Kier molecular flexibility index (Phi) is 9.76. The second kappa shape index (κ2) is 11.8. The minimum Gasteiger partial charge on any atom is -0.507 e. The third-order valence-corrected chi connectivity index (χ3v) is 4.61. The third kappa shape index (κ3) is 7.70. The number of methoxy groups -OCH3 is 1. The SMILES string of the molecule is COC(=O)c1ccc(NC(=O)[C@H](CCCNC(N)=O)CC(=O)[C@@H](N)C(C)C)cc1O. The van der Waals surface area contributed by atoms with Crippen molar-refractivity contribution < 1.29 is 29.0 Å². The zero-order chi connectivity index (χ0) is 22.8. The first-order chi connectivity index (χ1) is 14.1. The number of rotatable bonds is 11. The van der Waals surface area contributed by atoms with Gasteiger partial charge in [0.15, 0.2) is 5.78 Å². The molecular weight excluding hydrogens is 392 g/mol. The number of esters is 1. The number of carbonyl (C=O) groups is 4. The molecule has 1 aromatic carbocycles. The predicted octanol–water partition coefficient (Wildman–Crippen LogP) is 1.12. The molecule has 0 unspecified atom stereocenters. The largest absolute Gasteiger partial charge is 0.507 e. The number of nitrogens with one attached hydrogen (secondary N) is 2. The van der Waals surface area contributed by atoms with E-state index in [0.717, 1.165) is 0 Å². The van der Waals surface area contributed by atoms with E-state index in [2.05, 4.69) is 15.4 Å². The molecule has 10 nitrogen and oxygen atoms in total. The number of phenolic OH excluding ortho intramolecular Hbond substituents is 1. The van der Waals surface area contributed by atoms with Gasteiger partial charge < -0.3 is 31.9 Å². The van der Waals surface area contributed by atoms with Crippen LogP contribution in [-0.2, 0) is 14.3 Å². The van der Waals surface area contributed by atoms with Crippen LogP contribution >= 0.6 is 0 Å². The summed E-state index contributed by atoms with van der Waals surface area (Å²) in [4.78, 5) is 47.5. The van der Waals surface area contributed by atoms with Gasteiger partial charge in [0, 0.05) is 30.6 Å². The molecule has 1 rings (SSSR count). The molecule has 0 aliphatic heterocycles. The van der Waals surface area contributed by atoms with E-state index < -0.39 is 29.9 Å². The van der Waals surface area contributed by atoms with Gasteiger partial charge in [0.05, 0.1) is 13.2 Å². The van der Waals surface area contributed by atoms with E-state index in [9.17, 15) is 24.3 Å². The lowest BCUT2D eigenvalue weighted by molar-refractivity contribution is -0.127. The van der Waals surface area contributed by atoms with E-state index in [-0.39, 0.29) is 41.7 Å². The molecule has 0 bridgehead atoms. The number of hydrogen-bond acceptors (Lipinski definition) is 7. The van der Waals surface area contributed by atoms with E-state index in [0.29, 0.717) is 12.8 Å². The molecule has 0 aliphatic rings. The molecule has 1 aromatic rings. The smallest absolute Gasteiger partial charge is 0.341 e. The van der Waals surface area contributed by atoms with E-state index in [1.165, 1.54) is 25.3 Å². The Morgan fingerprint density at radius 2 is 1.87 bits per heavy atom. The monoisotopic (exact) mass is 422 g/mol. The zero-order valence-electron chi connectivity index (χ0n) is 17.4. The molecule has 0 saturated carbocycles. The fourth-order valence-electron chi connectivity index (χ4n) is 2.77. The molecule has 0 saturated heterocycles. The summed E-state index contributed by atoms with van der Waals surface area (Å²) >= 11 is 0. The Labute approximate surface area is 175 Å². The molecule has 0 radical (unpaired) electrons. The Hall–Kier alpha value is -3.14. The second-order valence-corrected chi connectivity index (χ2v) is 7.28. The highest BCUT2D eigenvalue weighted by Crippen LogP contribution is 2.24. The standard InChI is InChI=1S/C20H30N4O6/c1-11(2)17(21)16(26)9-12(5-4-8-23-20(22)29)18(27)24-13-6-7-14(15(25)10-13)19(28)30-3/h6-7,10-12,17,25H,4-5,8-9,21H2,1-3H3,(H,24,27)(H3,22,23,29)/t12-,17+/m1/s1. The van der Waals surface area contributed by atoms with E-state index >= 15 is 0 Å². The molecule has 0 spiro atoms. The van der Waals surface area contributed by atoms with Crippen LogP contribution in [0.4, 0.5) is 10.5 Å². The molecule has 0 fully saturated rings. The highest BCUT2D eigenvalue weighted by Gasteiger charge is 2.26. The Bertz CT molecular complexity index is 781. The van der Waals surface area contributed by atoms with Crippen molar-refractivity contribution >= 4 is 29.4 Å². The molecule has 10 heteroatoms. The van der Waals surface area contributed by atoms with Gasteiger partial charge in [-0.1, -0.05) is 13.8 Å². The normalized spacial score (nSPS) is 12.7. The predicted molar refractivity (Wildman–Crippen MR) is 111 cm³/mol. The van der Waals surface area contributed by atoms with Gasteiger partial charge >= 0.3 is 12.0 Å². The lowest BCUT2D eigenvalue weighted by Crippen LogP contribution is -2.38. The minimum atomic E-state index is -0.710. The van der Waals surface area contributed by atoms with Gasteiger partial charge in [-0.2, -0.15) is 0 Å². The van der Waals surface area contributed by atoms with Crippen LogP contribution in [0, 0.1) is 11.8 Å². The number of ketones is 1. The van der Waals surface area contributed by atoms with Crippen LogP contribution in [0.5, 0.6) is 5.75 Å². The number of benzene rings is 1. The van der Waals surface area contributed by atoms with Crippen LogP contribution in [-0.4, -0.2) is 48.5 Å². The molecular formula is C20H30N4O6. The molecule has 166 valence electrons. The van der Waals surface area contributed by atoms with Gasteiger partial charge in [-0.15, -0.1) is 0 Å². The molecule has 0 heterocycles. The third-order valence-electron chi connectivity index (χ3n) is 4.61. The maximum absolute atomic E-state index is 12.8. The van der Waals surface area contributed by atoms with Crippen LogP contribution in [0.25, 0.3) is 0 Å². The first kappa shape index (κ1) is 24.9. The van der Waals surface area contributed by atoms with Crippen molar-refractivity contribution in [1.29, 1.82) is 0 Å². The van der Waals surface area contributed by atoms with Crippen molar-refractivity contribution in [3.8, 4) is 5.75 Å². The summed E-state index contributed by atoms with van der Waals surface area (Å²) in [6, 6.07) is 2.62. The van der Waals surface area contributed by atoms with E-state index in [1.54, 1.807) is 0 Å². The average molecular weight is 422 g/mol. The number of urea groups is 1. The van der Waals surface area contributed by atoms with Gasteiger partial charge in [0.25, 0.3) is 0 Å². The highest BCUT2D eigenvalue weighted by molar-refractivity contribution is 5.98. The quantitative estimate of drug-likeness (QED) is 0.262. The molecule has 2 atom stereocenters. The Morgan fingerprint density at radius 3 is 2.40 bits per heavy atom. The fraction of sp³-hybridized carbons (Fsp3) is 0.500. The summed E-state index contributed by atoms with van der Waals surface area (Å²) in [5.74, 6) is -2.50. The summed E-state index contributed by atoms with van der Waals surface area (Å²) in [7, 11) is 1.19. The number of hydrogen-bond donors (Lipinski definition) is 5. The topological polar surface area (TPSA) is 174 Å². The van der Waals surface area contributed by atoms with Crippen LogP contribution in [0.2, 0.25) is 0 Å². The van der Waals surface area contributed by atoms with Crippen molar-refractivity contribution in [2.45, 2.75) is 39.2 Å². The summed E-state index contributed by atoms with van der Waals surface area (Å²) < 4.78 is 4.56. The number of Topliss-reactive ketones (excluding diaryl/α,β-unsaturated/α-hetero) is 1. The molecule has 0 aromatic heterocycles. The number of ether oxygens (including phenoxy) is 1. The van der Waals surface area contributed by atoms with Crippen LogP contribution < -0.4 is 22.1 Å². The Balaban J connectivity index is 2.89. The van der Waals surface area contributed by atoms with E-state index in [1.807, 2.05) is 13.8 Å². The molecule has 0 aliphatic carbocycles. The lowest BCUT2D eigenvalue weighted by Gasteiger charge is -2.20. The number of anilines is 1. The zero-order valence-corrected chi connectivity index (χ0v) is 17.4. The number of primary amides is 1. The first-order valence-corrected chi connectivity index (χ1v) is 9.60. The molecule has 30 heavy (non-hydrogen) atoms. The van der Waals surface area contributed by atoms with Gasteiger partial charge in [0.2, 0.25) is 5.91 Å². The van der Waals surface area contributed by atoms with E-state index in [4.69, 9.17) is 11.5 Å². The fourth-order valence-corrected chi connectivity index (χ4v) is 2.77. The minimum absolute atomic E-state index is 0.0392. The number of nitrogens with two attached hydrogens (primary N) is 2. The number of amides is 3. The van der Waals surface area contributed by atoms with Gasteiger partial charge in [-0.05, 0) is 30.9 Å². The van der Waals surface area contributed by atoms with Crippen molar-refractivity contribution in [3.05, 3.63) is 23.8 Å². The second-order valence-electron chi connectivity index (χ2n) is 7.28. The van der Waals surface area contributed by atoms with Gasteiger partial charge in [-0.25, -0.2) is 9.59 Å². The molecule has 3 amide bonds. The molecule has 7 N–H and O–H groups in total. The number of carbonyl (C=O) groups excluding carboxylic acids is 4. The average Bonchev–Trinajstić information content (AvgIpc) is 2.68. The number of phenols is 1. The number of aromatic hydroxyl groups is 1. The van der Waals surface area contributed by atoms with Crippen LogP contribution in [0.15, 0.2) is 18.2 Å². The lowest BCUT2D eigenvalue weighted by atomic mass is 9.90. The van der Waals surface area contributed by atoms with Crippen molar-refractivity contribution in [1.82, 2.24) is 5.32 Å². The summed E-state index contributed by atoms with van der Waals surface area (Å²) in [5, 5.41) is 15.0. The summed E-state index contributed by atoms with van der Waals surface area (Å²) in [6.07, 6.45) is 0.681. The Morgan fingerprint density at radius 1 is 1.20 bits per heavy atom. The summed E-state index contributed by atoms with van der Waals surface area (Å²) in [6.45, 7) is 3.90. The maximum Gasteiger partial charge on any atom is 0.341 e. The maximum atomic E-state index is 12.8. The van der Waals surface area contributed by atoms with Gasteiger partial charge in [0.1, 0.15) is 11.3 Å². The van der Waals surface area contributed by atoms with Crippen molar-refractivity contribution in [3.63, 3.8) is 0 Å².